The number of rotatable bonds is 6. The lowest BCUT2D eigenvalue weighted by Gasteiger charge is -2.37. The number of nitrogens with one attached hydrogen (secondary N) is 2. The number of hydrogen-bond donors (Lipinski definition) is 4. The van der Waals surface area contributed by atoms with Crippen LogP contribution in [0.5, 0.6) is 0 Å². The third-order valence-corrected chi connectivity index (χ3v) is 5.59. The zero-order valence-electron chi connectivity index (χ0n) is 17.0. The van der Waals surface area contributed by atoms with Crippen molar-refractivity contribution in [1.29, 1.82) is 0 Å². The molecule has 6 nitrogen and oxygen atoms in total. The molecule has 1 aliphatic carbocycles. The SMILES string of the molecule is Cc1ncc(NCC2(C(NC(=O)O)C(C)(C)C)CC2)cc1-c1ccc(N)cc1. The highest BCUT2D eigenvalue weighted by atomic mass is 16.4. The van der Waals surface area contributed by atoms with Crippen LogP contribution in [-0.4, -0.2) is 28.8 Å². The molecule has 0 spiro atoms. The fourth-order valence-corrected chi connectivity index (χ4v) is 4.00. The van der Waals surface area contributed by atoms with Gasteiger partial charge in [-0.05, 0) is 48.9 Å². The summed E-state index contributed by atoms with van der Waals surface area (Å²) in [5.74, 6) is 0. The quantitative estimate of drug-likeness (QED) is 0.551. The number of nitrogen functional groups attached to an aromatic ring is 1. The molecule has 28 heavy (non-hydrogen) atoms. The highest BCUT2D eigenvalue weighted by Gasteiger charge is 2.53. The molecular formula is C22H30N4O2. The molecule has 0 aliphatic heterocycles. The van der Waals surface area contributed by atoms with E-state index in [1.165, 1.54) is 0 Å². The molecule has 3 rings (SSSR count). The van der Waals surface area contributed by atoms with E-state index in [2.05, 4.69) is 42.5 Å². The maximum atomic E-state index is 11.3. The van der Waals surface area contributed by atoms with Crippen LogP contribution < -0.4 is 16.4 Å². The van der Waals surface area contributed by atoms with Crippen molar-refractivity contribution in [2.45, 2.75) is 46.6 Å². The molecule has 6 heteroatoms. The van der Waals surface area contributed by atoms with Crippen molar-refractivity contribution in [2.24, 2.45) is 10.8 Å². The fourth-order valence-electron chi connectivity index (χ4n) is 4.00. The van der Waals surface area contributed by atoms with Crippen LogP contribution in [0, 0.1) is 17.8 Å². The van der Waals surface area contributed by atoms with Crippen molar-refractivity contribution in [3.8, 4) is 11.1 Å². The highest BCUT2D eigenvalue weighted by Crippen LogP contribution is 2.53. The van der Waals surface area contributed by atoms with Gasteiger partial charge in [-0.3, -0.25) is 4.98 Å². The van der Waals surface area contributed by atoms with Gasteiger partial charge in [-0.2, -0.15) is 0 Å². The van der Waals surface area contributed by atoms with E-state index in [-0.39, 0.29) is 16.9 Å². The summed E-state index contributed by atoms with van der Waals surface area (Å²) in [7, 11) is 0. The fraction of sp³-hybridized carbons (Fsp3) is 0.455. The standard InChI is InChI=1S/C22H30N4O2/c1-14-18(15-5-7-16(23)8-6-15)11-17(12-24-14)25-13-22(9-10-22)19(21(2,3)4)26-20(27)28/h5-8,11-12,19,25-26H,9-10,13,23H2,1-4H3,(H,27,28). The molecule has 1 amide bonds. The minimum absolute atomic E-state index is 0.0666. The molecule has 1 atom stereocenters. The minimum atomic E-state index is -0.964. The minimum Gasteiger partial charge on any atom is -0.465 e. The first-order valence-corrected chi connectivity index (χ1v) is 9.67. The molecule has 0 saturated heterocycles. The number of amides is 1. The van der Waals surface area contributed by atoms with Gasteiger partial charge >= 0.3 is 6.09 Å². The Morgan fingerprint density at radius 2 is 1.93 bits per heavy atom. The average molecular weight is 383 g/mol. The lowest BCUT2D eigenvalue weighted by atomic mass is 9.76. The maximum Gasteiger partial charge on any atom is 0.404 e. The molecule has 0 radical (unpaired) electrons. The van der Waals surface area contributed by atoms with E-state index in [4.69, 9.17) is 5.73 Å². The van der Waals surface area contributed by atoms with E-state index >= 15 is 0 Å². The number of carboxylic acid groups (broad SMARTS) is 1. The zero-order chi connectivity index (χ0) is 20.5. The Morgan fingerprint density at radius 1 is 1.29 bits per heavy atom. The van der Waals surface area contributed by atoms with Crippen molar-refractivity contribution >= 4 is 17.5 Å². The van der Waals surface area contributed by atoms with Crippen LogP contribution in [0.2, 0.25) is 0 Å². The Hall–Kier alpha value is -2.76. The maximum absolute atomic E-state index is 11.3. The number of carbonyl (C=O) groups is 1. The van der Waals surface area contributed by atoms with Gasteiger partial charge in [0.1, 0.15) is 0 Å². The molecule has 1 fully saturated rings. The van der Waals surface area contributed by atoms with Crippen molar-refractivity contribution in [2.75, 3.05) is 17.6 Å². The van der Waals surface area contributed by atoms with Crippen molar-refractivity contribution in [3.05, 3.63) is 42.2 Å². The summed E-state index contributed by atoms with van der Waals surface area (Å²) in [6, 6.07) is 9.76. The molecule has 1 heterocycles. The number of benzene rings is 1. The predicted molar refractivity (Wildman–Crippen MR) is 113 cm³/mol. The Kier molecular flexibility index (Phi) is 5.24. The van der Waals surface area contributed by atoms with Crippen molar-refractivity contribution in [3.63, 3.8) is 0 Å². The second-order valence-electron chi connectivity index (χ2n) is 8.94. The molecule has 2 aromatic rings. The van der Waals surface area contributed by atoms with Gasteiger partial charge in [0.2, 0.25) is 0 Å². The topological polar surface area (TPSA) is 100 Å². The molecule has 1 saturated carbocycles. The lowest BCUT2D eigenvalue weighted by molar-refractivity contribution is 0.148. The van der Waals surface area contributed by atoms with Gasteiger partial charge in [0.05, 0.1) is 11.9 Å². The first kappa shape index (κ1) is 20.0. The molecule has 1 aromatic carbocycles. The molecular weight excluding hydrogens is 352 g/mol. The van der Waals surface area contributed by atoms with E-state index in [1.807, 2.05) is 37.4 Å². The Balaban J connectivity index is 1.78. The zero-order valence-corrected chi connectivity index (χ0v) is 17.0. The summed E-state index contributed by atoms with van der Waals surface area (Å²) in [6.07, 6.45) is 2.88. The van der Waals surface area contributed by atoms with Gasteiger partial charge in [-0.15, -0.1) is 0 Å². The summed E-state index contributed by atoms with van der Waals surface area (Å²) in [4.78, 5) is 15.9. The number of nitrogens with zero attached hydrogens (tertiary/aromatic N) is 1. The van der Waals surface area contributed by atoms with Crippen LogP contribution >= 0.6 is 0 Å². The van der Waals surface area contributed by atoms with Crippen LogP contribution in [0.25, 0.3) is 11.1 Å². The summed E-state index contributed by atoms with van der Waals surface area (Å²) in [5, 5.41) is 15.5. The monoisotopic (exact) mass is 382 g/mol. The van der Waals surface area contributed by atoms with Gasteiger partial charge in [-0.25, -0.2) is 4.79 Å². The van der Waals surface area contributed by atoms with Crippen LogP contribution in [0.4, 0.5) is 16.2 Å². The van der Waals surface area contributed by atoms with Gasteiger partial charge in [0.25, 0.3) is 0 Å². The number of aromatic nitrogens is 1. The van der Waals surface area contributed by atoms with Gasteiger partial charge in [0.15, 0.2) is 0 Å². The molecule has 150 valence electrons. The Labute approximate surface area is 166 Å². The predicted octanol–water partition coefficient (Wildman–Crippen LogP) is 4.51. The molecule has 1 aliphatic rings. The number of anilines is 2. The molecule has 5 N–H and O–H groups in total. The smallest absolute Gasteiger partial charge is 0.404 e. The number of hydrogen-bond acceptors (Lipinski definition) is 4. The van der Waals surface area contributed by atoms with E-state index in [0.29, 0.717) is 6.54 Å². The van der Waals surface area contributed by atoms with E-state index in [1.54, 1.807) is 0 Å². The van der Waals surface area contributed by atoms with Crippen LogP contribution in [0.15, 0.2) is 36.5 Å². The molecule has 1 aromatic heterocycles. The van der Waals surface area contributed by atoms with Crippen LogP contribution in [-0.2, 0) is 0 Å². The van der Waals surface area contributed by atoms with Gasteiger partial charge < -0.3 is 21.5 Å². The highest BCUT2D eigenvalue weighted by molar-refractivity contribution is 5.71. The summed E-state index contributed by atoms with van der Waals surface area (Å²) < 4.78 is 0. The first-order chi connectivity index (χ1) is 13.1. The summed E-state index contributed by atoms with van der Waals surface area (Å²) in [5.41, 5.74) is 10.3. The van der Waals surface area contributed by atoms with Gasteiger partial charge in [0, 0.05) is 34.9 Å². The van der Waals surface area contributed by atoms with Crippen molar-refractivity contribution < 1.29 is 9.90 Å². The number of pyridine rings is 1. The summed E-state index contributed by atoms with van der Waals surface area (Å²) >= 11 is 0. The van der Waals surface area contributed by atoms with Gasteiger partial charge in [-0.1, -0.05) is 32.9 Å². The second kappa shape index (κ2) is 7.34. The van der Waals surface area contributed by atoms with E-state index in [9.17, 15) is 9.90 Å². The number of aryl methyl sites for hydroxylation is 1. The lowest BCUT2D eigenvalue weighted by Crippen LogP contribution is -2.51. The third kappa shape index (κ3) is 4.38. The first-order valence-electron chi connectivity index (χ1n) is 9.67. The van der Waals surface area contributed by atoms with E-state index in [0.717, 1.165) is 41.0 Å². The van der Waals surface area contributed by atoms with Crippen molar-refractivity contribution in [1.82, 2.24) is 10.3 Å². The molecule has 0 bridgehead atoms. The molecule has 1 unspecified atom stereocenters. The van der Waals surface area contributed by atoms with Crippen LogP contribution in [0.3, 0.4) is 0 Å². The Bertz CT molecular complexity index is 852. The normalized spacial score (nSPS) is 16.3. The summed E-state index contributed by atoms with van der Waals surface area (Å²) in [6.45, 7) is 8.95. The largest absolute Gasteiger partial charge is 0.465 e. The average Bonchev–Trinajstić information content (AvgIpc) is 3.40. The number of nitrogens with two attached hydrogens (primary N) is 1. The van der Waals surface area contributed by atoms with Crippen LogP contribution in [0.1, 0.15) is 39.3 Å². The Morgan fingerprint density at radius 3 is 2.46 bits per heavy atom. The van der Waals surface area contributed by atoms with E-state index < -0.39 is 6.09 Å². The third-order valence-electron chi connectivity index (χ3n) is 5.59. The second-order valence-corrected chi connectivity index (χ2v) is 8.94.